The van der Waals surface area contributed by atoms with Crippen LogP contribution in [0, 0.1) is 5.92 Å². The summed E-state index contributed by atoms with van der Waals surface area (Å²) in [4.78, 5) is 11.4. The lowest BCUT2D eigenvalue weighted by Crippen LogP contribution is -2.49. The summed E-state index contributed by atoms with van der Waals surface area (Å²) in [5.74, 6) is -0.433. The maximum Gasteiger partial charge on any atom is 0.324 e. The number of carboxylic acids is 1. The average Bonchev–Trinajstić information content (AvgIpc) is 2.75. The van der Waals surface area contributed by atoms with E-state index in [9.17, 15) is 14.9 Å². The van der Waals surface area contributed by atoms with Crippen LogP contribution in [-0.2, 0) is 4.79 Å². The number of hydrogen-bond donors (Lipinski definition) is 3. The van der Waals surface area contributed by atoms with Gasteiger partial charge in [-0.1, -0.05) is 13.2 Å². The summed E-state index contributed by atoms with van der Waals surface area (Å²) in [7, 11) is 0. The number of aliphatic carboxylic acids is 1. The van der Waals surface area contributed by atoms with Crippen molar-refractivity contribution in [3.8, 4) is 0 Å². The van der Waals surface area contributed by atoms with Crippen molar-refractivity contribution in [3.05, 3.63) is 0 Å². The summed E-state index contributed by atoms with van der Waals surface area (Å²) in [6.07, 6.45) is 5.38. The van der Waals surface area contributed by atoms with Crippen molar-refractivity contribution in [2.24, 2.45) is 5.92 Å². The fourth-order valence-corrected chi connectivity index (χ4v) is 3.32. The van der Waals surface area contributed by atoms with Crippen molar-refractivity contribution < 1.29 is 14.9 Å². The number of hydrogen-bond acceptors (Lipinski definition) is 3. The third kappa shape index (κ3) is 1.98. The van der Waals surface area contributed by atoms with Crippen LogP contribution in [-0.4, -0.2) is 34.6 Å². The number of fused-ring (bicyclic) bond motifs is 2. The fourth-order valence-electron chi connectivity index (χ4n) is 3.32. The Kier molecular flexibility index (Phi) is 3.26. The predicted octanol–water partition coefficient (Wildman–Crippen LogP) is 0.975. The maximum absolute atomic E-state index is 11.4. The Morgan fingerprint density at radius 1 is 1.62 bits per heavy atom. The van der Waals surface area contributed by atoms with Crippen LogP contribution in [0.15, 0.2) is 0 Å². The number of carbonyl (C=O) groups is 1. The molecule has 2 rings (SSSR count). The van der Waals surface area contributed by atoms with E-state index in [1.54, 1.807) is 6.82 Å². The first-order chi connectivity index (χ1) is 7.54. The topological polar surface area (TPSA) is 69.6 Å². The minimum atomic E-state index is -0.686. The van der Waals surface area contributed by atoms with Gasteiger partial charge in [-0.2, -0.15) is 0 Å². The molecule has 2 saturated heterocycles. The highest BCUT2D eigenvalue weighted by atomic mass is 16.4. The van der Waals surface area contributed by atoms with E-state index in [0.717, 1.165) is 38.4 Å². The first-order valence-electron chi connectivity index (χ1n) is 6.24. The zero-order valence-electron chi connectivity index (χ0n) is 9.78. The molecule has 3 N–H and O–H groups in total. The van der Waals surface area contributed by atoms with Gasteiger partial charge in [0.25, 0.3) is 6.92 Å². The molecule has 0 aromatic carbocycles. The van der Waals surface area contributed by atoms with Gasteiger partial charge < -0.3 is 10.1 Å². The molecular weight excluding hydrogens is 205 g/mol. The zero-order chi connectivity index (χ0) is 11.8. The van der Waals surface area contributed by atoms with Gasteiger partial charge >= 0.3 is 5.97 Å². The molecule has 90 valence electrons. The average molecular weight is 225 g/mol. The van der Waals surface area contributed by atoms with Gasteiger partial charge in [-0.3, -0.25) is 10.1 Å². The van der Waals surface area contributed by atoms with Crippen LogP contribution in [0.25, 0.3) is 0 Å². The van der Waals surface area contributed by atoms with Gasteiger partial charge in [0.1, 0.15) is 5.54 Å². The van der Waals surface area contributed by atoms with Gasteiger partial charge in [-0.05, 0) is 37.9 Å². The van der Waals surface area contributed by atoms with Gasteiger partial charge in [0.05, 0.1) is 0 Å². The van der Waals surface area contributed by atoms with E-state index in [2.05, 4.69) is 5.32 Å². The molecule has 0 radical (unpaired) electrons. The number of nitrogens with one attached hydrogen (secondary N) is 1. The molecule has 0 saturated carbocycles. The summed E-state index contributed by atoms with van der Waals surface area (Å²) >= 11 is 0. The first-order valence-corrected chi connectivity index (χ1v) is 6.24. The van der Waals surface area contributed by atoms with Gasteiger partial charge in [-0.15, -0.1) is 0 Å². The van der Waals surface area contributed by atoms with Crippen molar-refractivity contribution in [2.75, 3.05) is 0 Å². The van der Waals surface area contributed by atoms with Crippen LogP contribution < -0.4 is 5.32 Å². The molecule has 2 fully saturated rings. The van der Waals surface area contributed by atoms with Crippen LogP contribution in [0.3, 0.4) is 0 Å². The molecule has 5 heteroatoms. The molecule has 2 aliphatic rings. The lowest BCUT2D eigenvalue weighted by molar-refractivity contribution is -0.146. The monoisotopic (exact) mass is 225 g/mol. The van der Waals surface area contributed by atoms with Crippen molar-refractivity contribution in [2.45, 2.75) is 56.8 Å². The molecule has 0 aromatic heterocycles. The Balaban J connectivity index is 1.92. The fraction of sp³-hybridized carbons (Fsp3) is 0.909. The molecular formula is C11H20BNO3. The largest absolute Gasteiger partial charge is 0.480 e. The second-order valence-electron chi connectivity index (χ2n) is 5.37. The lowest BCUT2D eigenvalue weighted by atomic mass is 9.65. The Morgan fingerprint density at radius 3 is 2.94 bits per heavy atom. The van der Waals surface area contributed by atoms with E-state index in [1.807, 2.05) is 0 Å². The molecule has 0 aliphatic carbocycles. The van der Waals surface area contributed by atoms with E-state index in [0.29, 0.717) is 6.04 Å². The first kappa shape index (κ1) is 11.9. The van der Waals surface area contributed by atoms with Crippen molar-refractivity contribution >= 4 is 12.9 Å². The van der Waals surface area contributed by atoms with Crippen molar-refractivity contribution in [1.82, 2.24) is 5.32 Å². The van der Waals surface area contributed by atoms with Crippen molar-refractivity contribution in [1.29, 1.82) is 0 Å². The highest BCUT2D eigenvalue weighted by molar-refractivity contribution is 6.48. The van der Waals surface area contributed by atoms with Crippen LogP contribution in [0.4, 0.5) is 0 Å². The van der Waals surface area contributed by atoms with Crippen LogP contribution in [0.2, 0.25) is 13.1 Å². The Labute approximate surface area is 96.5 Å². The molecule has 2 aliphatic heterocycles. The minimum absolute atomic E-state index is 0.252. The van der Waals surface area contributed by atoms with Crippen LogP contribution >= 0.6 is 0 Å². The standard InChI is InChI=1S/C11H20BNO3/c1-12(16)6-2-3-8-7-9-4-5-11(8,13-9)10(14)15/h8-9,13,16H,2-7H2,1H3,(H,14,15). The van der Waals surface area contributed by atoms with E-state index < -0.39 is 11.5 Å². The second kappa shape index (κ2) is 4.38. The molecule has 3 atom stereocenters. The molecule has 2 bridgehead atoms. The molecule has 0 spiro atoms. The maximum atomic E-state index is 11.4. The molecule has 0 aromatic rings. The van der Waals surface area contributed by atoms with E-state index in [-0.39, 0.29) is 12.8 Å². The molecule has 2 heterocycles. The normalized spacial score (nSPS) is 36.6. The molecule has 16 heavy (non-hydrogen) atoms. The zero-order valence-corrected chi connectivity index (χ0v) is 9.78. The highest BCUT2D eigenvalue weighted by Gasteiger charge is 2.56. The third-order valence-electron chi connectivity index (χ3n) is 4.17. The Bertz CT molecular complexity index is 284. The second-order valence-corrected chi connectivity index (χ2v) is 5.37. The highest BCUT2D eigenvalue weighted by Crippen LogP contribution is 2.44. The van der Waals surface area contributed by atoms with Gasteiger partial charge in [0, 0.05) is 6.04 Å². The number of rotatable bonds is 5. The van der Waals surface area contributed by atoms with Gasteiger partial charge in [0.15, 0.2) is 0 Å². The molecule has 4 nitrogen and oxygen atoms in total. The summed E-state index contributed by atoms with van der Waals surface area (Å²) in [5, 5.41) is 21.8. The van der Waals surface area contributed by atoms with E-state index in [4.69, 9.17) is 0 Å². The summed E-state index contributed by atoms with van der Waals surface area (Å²) < 4.78 is 0. The lowest BCUT2D eigenvalue weighted by Gasteiger charge is -2.30. The van der Waals surface area contributed by atoms with Gasteiger partial charge in [-0.25, -0.2) is 0 Å². The van der Waals surface area contributed by atoms with Gasteiger partial charge in [0.2, 0.25) is 0 Å². The van der Waals surface area contributed by atoms with E-state index >= 15 is 0 Å². The smallest absolute Gasteiger partial charge is 0.324 e. The SMILES string of the molecule is CB(O)CCCC1CC2CCC1(C(=O)O)N2. The minimum Gasteiger partial charge on any atom is -0.480 e. The predicted molar refractivity (Wildman–Crippen MR) is 62.5 cm³/mol. The third-order valence-corrected chi connectivity index (χ3v) is 4.17. The van der Waals surface area contributed by atoms with Crippen molar-refractivity contribution in [3.63, 3.8) is 0 Å². The summed E-state index contributed by atoms with van der Waals surface area (Å²) in [5.41, 5.74) is -0.649. The van der Waals surface area contributed by atoms with E-state index in [1.165, 1.54) is 0 Å². The Hall–Kier alpha value is -0.545. The molecule has 3 unspecified atom stereocenters. The van der Waals surface area contributed by atoms with Crippen LogP contribution in [0.1, 0.15) is 32.1 Å². The summed E-state index contributed by atoms with van der Waals surface area (Å²) in [6, 6.07) is 0.410. The van der Waals surface area contributed by atoms with Crippen LogP contribution in [0.5, 0.6) is 0 Å². The quantitative estimate of drug-likeness (QED) is 0.610. The number of carboxylic acid groups (broad SMARTS) is 1. The Morgan fingerprint density at radius 2 is 2.38 bits per heavy atom. The summed E-state index contributed by atoms with van der Waals surface area (Å²) in [6.45, 7) is 1.51. The molecule has 0 amide bonds.